The SMILES string of the molecule is CCOc1cc(C)nc(NC(CO)C(C)C)n1. The Labute approximate surface area is 102 Å². The van der Waals surface area contributed by atoms with Crippen LogP contribution >= 0.6 is 0 Å². The summed E-state index contributed by atoms with van der Waals surface area (Å²) in [6.07, 6.45) is 0. The highest BCUT2D eigenvalue weighted by atomic mass is 16.5. The molecule has 1 unspecified atom stereocenters. The molecule has 1 heterocycles. The second kappa shape index (κ2) is 6.39. The lowest BCUT2D eigenvalue weighted by molar-refractivity contribution is 0.248. The lowest BCUT2D eigenvalue weighted by Gasteiger charge is -2.20. The number of aryl methyl sites for hydroxylation is 1. The number of rotatable bonds is 6. The van der Waals surface area contributed by atoms with Crippen molar-refractivity contribution in [1.82, 2.24) is 9.97 Å². The average molecular weight is 239 g/mol. The fraction of sp³-hybridized carbons (Fsp3) is 0.667. The number of aromatic nitrogens is 2. The summed E-state index contributed by atoms with van der Waals surface area (Å²) in [7, 11) is 0. The molecular formula is C12H21N3O2. The normalized spacial score (nSPS) is 12.6. The molecule has 5 nitrogen and oxygen atoms in total. The molecule has 0 saturated carbocycles. The zero-order valence-electron chi connectivity index (χ0n) is 10.9. The maximum absolute atomic E-state index is 9.25. The van der Waals surface area contributed by atoms with Gasteiger partial charge in [-0.25, -0.2) is 4.98 Å². The third-order valence-electron chi connectivity index (χ3n) is 2.44. The molecule has 5 heteroatoms. The summed E-state index contributed by atoms with van der Waals surface area (Å²) in [4.78, 5) is 8.51. The van der Waals surface area contributed by atoms with Crippen LogP contribution in [0.3, 0.4) is 0 Å². The standard InChI is InChI=1S/C12H21N3O2/c1-5-17-11-6-9(4)13-12(15-11)14-10(7-16)8(2)3/h6,8,10,16H,5,7H2,1-4H3,(H,13,14,15). The summed E-state index contributed by atoms with van der Waals surface area (Å²) in [6, 6.07) is 1.74. The van der Waals surface area contributed by atoms with Crippen molar-refractivity contribution in [3.8, 4) is 5.88 Å². The zero-order valence-corrected chi connectivity index (χ0v) is 10.9. The van der Waals surface area contributed by atoms with Gasteiger partial charge in [-0.15, -0.1) is 0 Å². The Morgan fingerprint density at radius 3 is 2.65 bits per heavy atom. The van der Waals surface area contributed by atoms with Gasteiger partial charge in [-0.2, -0.15) is 4.98 Å². The monoisotopic (exact) mass is 239 g/mol. The fourth-order valence-corrected chi connectivity index (χ4v) is 1.41. The van der Waals surface area contributed by atoms with E-state index < -0.39 is 0 Å². The molecule has 0 saturated heterocycles. The van der Waals surface area contributed by atoms with Gasteiger partial charge in [-0.1, -0.05) is 13.8 Å². The van der Waals surface area contributed by atoms with Crippen LogP contribution in [0.5, 0.6) is 5.88 Å². The maximum Gasteiger partial charge on any atom is 0.226 e. The first-order valence-electron chi connectivity index (χ1n) is 5.92. The van der Waals surface area contributed by atoms with E-state index in [-0.39, 0.29) is 12.6 Å². The van der Waals surface area contributed by atoms with E-state index >= 15 is 0 Å². The summed E-state index contributed by atoms with van der Waals surface area (Å²) >= 11 is 0. The van der Waals surface area contributed by atoms with Gasteiger partial charge < -0.3 is 15.2 Å². The van der Waals surface area contributed by atoms with Crippen molar-refractivity contribution in [2.45, 2.75) is 33.7 Å². The Morgan fingerprint density at radius 2 is 2.12 bits per heavy atom. The number of hydrogen-bond acceptors (Lipinski definition) is 5. The number of nitrogens with one attached hydrogen (secondary N) is 1. The number of aliphatic hydroxyl groups is 1. The van der Waals surface area contributed by atoms with Crippen molar-refractivity contribution in [2.24, 2.45) is 5.92 Å². The summed E-state index contributed by atoms with van der Waals surface area (Å²) in [6.45, 7) is 8.50. The third-order valence-corrected chi connectivity index (χ3v) is 2.44. The van der Waals surface area contributed by atoms with Crippen LogP contribution in [0.2, 0.25) is 0 Å². The second-order valence-electron chi connectivity index (χ2n) is 4.28. The molecule has 1 aromatic rings. The quantitative estimate of drug-likeness (QED) is 0.789. The molecule has 0 spiro atoms. The molecule has 2 N–H and O–H groups in total. The van der Waals surface area contributed by atoms with Crippen molar-refractivity contribution in [3.63, 3.8) is 0 Å². The van der Waals surface area contributed by atoms with Gasteiger partial charge in [0.25, 0.3) is 0 Å². The molecule has 0 radical (unpaired) electrons. The second-order valence-corrected chi connectivity index (χ2v) is 4.28. The number of anilines is 1. The van der Waals surface area contributed by atoms with Crippen molar-refractivity contribution < 1.29 is 9.84 Å². The molecule has 0 amide bonds. The Kier molecular flexibility index (Phi) is 5.15. The summed E-state index contributed by atoms with van der Waals surface area (Å²) in [5, 5.41) is 12.4. The maximum atomic E-state index is 9.25. The summed E-state index contributed by atoms with van der Waals surface area (Å²) in [5.74, 6) is 1.36. The third kappa shape index (κ3) is 4.19. The molecule has 0 fully saturated rings. The molecule has 17 heavy (non-hydrogen) atoms. The van der Waals surface area contributed by atoms with Crippen LogP contribution in [0.4, 0.5) is 5.95 Å². The minimum absolute atomic E-state index is 0.0497. The molecule has 0 aromatic carbocycles. The Balaban J connectivity index is 2.82. The number of ether oxygens (including phenoxy) is 1. The average Bonchev–Trinajstić information content (AvgIpc) is 2.25. The van der Waals surface area contributed by atoms with Crippen molar-refractivity contribution >= 4 is 5.95 Å². The van der Waals surface area contributed by atoms with E-state index in [1.807, 2.05) is 27.7 Å². The van der Waals surface area contributed by atoms with Crippen LogP contribution in [-0.2, 0) is 0 Å². The van der Waals surface area contributed by atoms with E-state index in [0.29, 0.717) is 24.4 Å². The van der Waals surface area contributed by atoms with Crippen LogP contribution in [0, 0.1) is 12.8 Å². The molecule has 1 rings (SSSR count). The number of aliphatic hydroxyl groups excluding tert-OH is 1. The lowest BCUT2D eigenvalue weighted by Crippen LogP contribution is -2.30. The number of nitrogens with zero attached hydrogens (tertiary/aromatic N) is 2. The Morgan fingerprint density at radius 1 is 1.41 bits per heavy atom. The minimum atomic E-state index is -0.0497. The van der Waals surface area contributed by atoms with E-state index in [9.17, 15) is 5.11 Å². The summed E-state index contributed by atoms with van der Waals surface area (Å²) in [5.41, 5.74) is 0.839. The fourth-order valence-electron chi connectivity index (χ4n) is 1.41. The highest BCUT2D eigenvalue weighted by Crippen LogP contribution is 2.14. The molecule has 1 aromatic heterocycles. The van der Waals surface area contributed by atoms with Crippen LogP contribution in [0.1, 0.15) is 26.5 Å². The zero-order chi connectivity index (χ0) is 12.8. The van der Waals surface area contributed by atoms with E-state index in [1.54, 1.807) is 6.07 Å². The van der Waals surface area contributed by atoms with E-state index in [1.165, 1.54) is 0 Å². The predicted octanol–water partition coefficient (Wildman–Crippen LogP) is 1.61. The molecular weight excluding hydrogens is 218 g/mol. The van der Waals surface area contributed by atoms with Gasteiger partial charge >= 0.3 is 0 Å². The highest BCUT2D eigenvalue weighted by molar-refractivity contribution is 5.31. The van der Waals surface area contributed by atoms with Crippen molar-refractivity contribution in [3.05, 3.63) is 11.8 Å². The first kappa shape index (κ1) is 13.7. The highest BCUT2D eigenvalue weighted by Gasteiger charge is 2.13. The molecule has 0 aliphatic heterocycles. The smallest absolute Gasteiger partial charge is 0.226 e. The Hall–Kier alpha value is -1.36. The first-order valence-corrected chi connectivity index (χ1v) is 5.92. The van der Waals surface area contributed by atoms with Crippen LogP contribution in [-0.4, -0.2) is 34.3 Å². The van der Waals surface area contributed by atoms with Gasteiger partial charge in [0, 0.05) is 11.8 Å². The van der Waals surface area contributed by atoms with Gasteiger partial charge in [-0.3, -0.25) is 0 Å². The molecule has 96 valence electrons. The van der Waals surface area contributed by atoms with Gasteiger partial charge in [0.05, 0.1) is 19.3 Å². The topological polar surface area (TPSA) is 67.3 Å². The Bertz CT molecular complexity index is 356. The van der Waals surface area contributed by atoms with Crippen LogP contribution in [0.15, 0.2) is 6.07 Å². The van der Waals surface area contributed by atoms with E-state index in [2.05, 4.69) is 15.3 Å². The van der Waals surface area contributed by atoms with Gasteiger partial charge in [-0.05, 0) is 19.8 Å². The van der Waals surface area contributed by atoms with Gasteiger partial charge in [0.15, 0.2) is 0 Å². The molecule has 1 atom stereocenters. The summed E-state index contributed by atoms with van der Waals surface area (Å²) < 4.78 is 5.35. The van der Waals surface area contributed by atoms with Gasteiger partial charge in [0.2, 0.25) is 11.8 Å². The molecule has 0 aliphatic carbocycles. The molecule has 0 bridgehead atoms. The molecule has 0 aliphatic rings. The largest absolute Gasteiger partial charge is 0.478 e. The minimum Gasteiger partial charge on any atom is -0.478 e. The number of hydrogen-bond donors (Lipinski definition) is 2. The van der Waals surface area contributed by atoms with Gasteiger partial charge in [0.1, 0.15) is 0 Å². The first-order chi connectivity index (χ1) is 8.06. The van der Waals surface area contributed by atoms with E-state index in [0.717, 1.165) is 5.69 Å². The van der Waals surface area contributed by atoms with Crippen LogP contribution in [0.25, 0.3) is 0 Å². The van der Waals surface area contributed by atoms with Crippen LogP contribution < -0.4 is 10.1 Å². The van der Waals surface area contributed by atoms with Crippen molar-refractivity contribution in [2.75, 3.05) is 18.5 Å². The lowest BCUT2D eigenvalue weighted by atomic mass is 10.1. The van der Waals surface area contributed by atoms with Crippen molar-refractivity contribution in [1.29, 1.82) is 0 Å². The van der Waals surface area contributed by atoms with E-state index in [4.69, 9.17) is 4.74 Å². The predicted molar refractivity (Wildman–Crippen MR) is 67.3 cm³/mol.